The second-order valence-electron chi connectivity index (χ2n) is 6.32. The summed E-state index contributed by atoms with van der Waals surface area (Å²) in [4.78, 5) is 2.01. The van der Waals surface area contributed by atoms with Crippen molar-refractivity contribution in [1.82, 2.24) is 14.5 Å². The minimum atomic E-state index is -3.23. The second-order valence-corrected chi connectivity index (χ2v) is 8.53. The fourth-order valence-electron chi connectivity index (χ4n) is 3.21. The molecule has 0 saturated carbocycles. The quantitative estimate of drug-likeness (QED) is 0.825. The molecular formula is C17H23N5O3S. The lowest BCUT2D eigenvalue weighted by atomic mass is 10.1. The molecule has 0 aliphatic carbocycles. The fourth-order valence-corrected chi connectivity index (χ4v) is 4.51. The van der Waals surface area contributed by atoms with Crippen molar-refractivity contribution in [3.63, 3.8) is 0 Å². The van der Waals surface area contributed by atoms with Gasteiger partial charge in [-0.25, -0.2) is 8.42 Å². The van der Waals surface area contributed by atoms with Crippen molar-refractivity contribution >= 4 is 21.5 Å². The molecule has 0 bridgehead atoms. The fraction of sp³-hybridized carbons (Fsp3) is 0.412. The summed E-state index contributed by atoms with van der Waals surface area (Å²) >= 11 is 0. The first-order chi connectivity index (χ1) is 12.3. The van der Waals surface area contributed by atoms with Crippen LogP contribution in [0.4, 0.5) is 11.5 Å². The van der Waals surface area contributed by atoms with Gasteiger partial charge in [-0.1, -0.05) is 12.1 Å². The van der Waals surface area contributed by atoms with Crippen LogP contribution in [-0.2, 0) is 10.0 Å². The van der Waals surface area contributed by atoms with Gasteiger partial charge in [0.25, 0.3) is 0 Å². The van der Waals surface area contributed by atoms with E-state index in [1.54, 1.807) is 31.2 Å². The van der Waals surface area contributed by atoms with Gasteiger partial charge in [0.1, 0.15) is 5.75 Å². The largest absolute Gasteiger partial charge is 0.507 e. The number of nitrogens with zero attached hydrogens (tertiary/aromatic N) is 4. The number of sulfonamides is 1. The number of rotatable bonds is 4. The summed E-state index contributed by atoms with van der Waals surface area (Å²) < 4.78 is 25.9. The van der Waals surface area contributed by atoms with Crippen LogP contribution in [0.5, 0.6) is 5.75 Å². The maximum Gasteiger partial charge on any atom is 0.214 e. The minimum Gasteiger partial charge on any atom is -0.507 e. The molecule has 8 nitrogen and oxygen atoms in total. The lowest BCUT2D eigenvalue weighted by Crippen LogP contribution is -2.54. The van der Waals surface area contributed by atoms with Crippen LogP contribution in [0.1, 0.15) is 13.8 Å². The van der Waals surface area contributed by atoms with Crippen LogP contribution >= 0.6 is 0 Å². The summed E-state index contributed by atoms with van der Waals surface area (Å²) in [5, 5.41) is 18.1. The number of hydrogen-bond acceptors (Lipinski definition) is 7. The Kier molecular flexibility index (Phi) is 5.01. The Hall–Kier alpha value is -2.39. The van der Waals surface area contributed by atoms with Crippen LogP contribution in [0.2, 0.25) is 0 Å². The van der Waals surface area contributed by atoms with Gasteiger partial charge in [0.05, 0.1) is 17.1 Å². The maximum absolute atomic E-state index is 12.2. The minimum absolute atomic E-state index is 0.0910. The SMILES string of the molecule is CCS(=O)(=O)N1CCN(c2cc(-c3ccccc3O)nnc2N)CC1C. The molecule has 9 heteroatoms. The molecular weight excluding hydrogens is 354 g/mol. The molecule has 0 spiro atoms. The molecule has 0 radical (unpaired) electrons. The summed E-state index contributed by atoms with van der Waals surface area (Å²) in [6.45, 7) is 4.95. The predicted molar refractivity (Wildman–Crippen MR) is 101 cm³/mol. The van der Waals surface area contributed by atoms with Gasteiger partial charge in [0.15, 0.2) is 5.82 Å². The second kappa shape index (κ2) is 7.08. The highest BCUT2D eigenvalue weighted by molar-refractivity contribution is 7.89. The van der Waals surface area contributed by atoms with Gasteiger partial charge < -0.3 is 15.7 Å². The molecule has 140 valence electrons. The number of nitrogen functional groups attached to an aromatic ring is 1. The van der Waals surface area contributed by atoms with Crippen molar-refractivity contribution in [1.29, 1.82) is 0 Å². The number of nitrogens with two attached hydrogens (primary N) is 1. The number of para-hydroxylation sites is 1. The predicted octanol–water partition coefficient (Wildman–Crippen LogP) is 1.29. The standard InChI is InChI=1S/C17H23N5O3S/c1-3-26(24,25)22-9-8-21(11-12(22)2)15-10-14(19-20-17(15)18)13-6-4-5-7-16(13)23/h4-7,10,12,23H,3,8-9,11H2,1-2H3,(H2,18,20). The van der Waals surface area contributed by atoms with E-state index >= 15 is 0 Å². The van der Waals surface area contributed by atoms with Crippen LogP contribution in [0.15, 0.2) is 30.3 Å². The van der Waals surface area contributed by atoms with E-state index in [9.17, 15) is 13.5 Å². The van der Waals surface area contributed by atoms with Crippen molar-refractivity contribution < 1.29 is 13.5 Å². The lowest BCUT2D eigenvalue weighted by Gasteiger charge is -2.40. The Labute approximate surface area is 153 Å². The van der Waals surface area contributed by atoms with E-state index in [0.717, 1.165) is 0 Å². The third kappa shape index (κ3) is 3.45. The molecule has 1 aliphatic heterocycles. The zero-order valence-corrected chi connectivity index (χ0v) is 15.6. The maximum atomic E-state index is 12.2. The molecule has 26 heavy (non-hydrogen) atoms. The molecule has 1 aromatic heterocycles. The Morgan fingerprint density at radius 1 is 1.27 bits per heavy atom. The van der Waals surface area contributed by atoms with Crippen LogP contribution in [0.3, 0.4) is 0 Å². The molecule has 1 aliphatic rings. The molecule has 1 fully saturated rings. The van der Waals surface area contributed by atoms with Gasteiger partial charge in [-0.2, -0.15) is 4.31 Å². The van der Waals surface area contributed by atoms with Crippen molar-refractivity contribution in [2.75, 3.05) is 36.0 Å². The van der Waals surface area contributed by atoms with Crippen LogP contribution in [0.25, 0.3) is 11.3 Å². The van der Waals surface area contributed by atoms with E-state index in [0.29, 0.717) is 36.6 Å². The zero-order chi connectivity index (χ0) is 18.9. The van der Waals surface area contributed by atoms with E-state index in [4.69, 9.17) is 5.73 Å². The number of anilines is 2. The van der Waals surface area contributed by atoms with Crippen LogP contribution in [-0.4, -0.2) is 59.5 Å². The lowest BCUT2D eigenvalue weighted by molar-refractivity contribution is 0.307. The number of aromatic hydroxyl groups is 1. The first-order valence-electron chi connectivity index (χ1n) is 8.49. The number of phenols is 1. The molecule has 2 aromatic rings. The Bertz CT molecular complexity index is 903. The van der Waals surface area contributed by atoms with Crippen molar-refractivity contribution in [3.8, 4) is 17.0 Å². The van der Waals surface area contributed by atoms with Gasteiger partial charge in [-0.3, -0.25) is 0 Å². The number of phenolic OH excluding ortho intramolecular Hbond substituents is 1. The van der Waals surface area contributed by atoms with Crippen LogP contribution < -0.4 is 10.6 Å². The Morgan fingerprint density at radius 3 is 2.65 bits per heavy atom. The van der Waals surface area contributed by atoms with E-state index in [2.05, 4.69) is 10.2 Å². The summed E-state index contributed by atoms with van der Waals surface area (Å²) in [5.74, 6) is 0.487. The number of aromatic nitrogens is 2. The Morgan fingerprint density at radius 2 is 2.00 bits per heavy atom. The highest BCUT2D eigenvalue weighted by Gasteiger charge is 2.32. The highest BCUT2D eigenvalue weighted by atomic mass is 32.2. The van der Waals surface area contributed by atoms with E-state index in [-0.39, 0.29) is 23.4 Å². The number of piperazine rings is 1. The van der Waals surface area contributed by atoms with E-state index in [1.807, 2.05) is 17.9 Å². The van der Waals surface area contributed by atoms with Gasteiger partial charge in [-0.15, -0.1) is 10.2 Å². The molecule has 3 rings (SSSR count). The van der Waals surface area contributed by atoms with Crippen molar-refractivity contribution in [2.24, 2.45) is 0 Å². The summed E-state index contributed by atoms with van der Waals surface area (Å²) in [7, 11) is -3.23. The molecule has 3 N–H and O–H groups in total. The van der Waals surface area contributed by atoms with Gasteiger partial charge in [0.2, 0.25) is 10.0 Å². The number of hydrogen-bond donors (Lipinski definition) is 2. The van der Waals surface area contributed by atoms with Crippen molar-refractivity contribution in [3.05, 3.63) is 30.3 Å². The third-order valence-corrected chi connectivity index (χ3v) is 6.60. The number of benzene rings is 1. The molecule has 2 heterocycles. The van der Waals surface area contributed by atoms with Gasteiger partial charge >= 0.3 is 0 Å². The summed E-state index contributed by atoms with van der Waals surface area (Å²) in [5.41, 5.74) is 7.80. The molecule has 1 saturated heterocycles. The van der Waals surface area contributed by atoms with Crippen molar-refractivity contribution in [2.45, 2.75) is 19.9 Å². The van der Waals surface area contributed by atoms with E-state index < -0.39 is 10.0 Å². The molecule has 1 atom stereocenters. The molecule has 0 amide bonds. The monoisotopic (exact) mass is 377 g/mol. The average molecular weight is 377 g/mol. The summed E-state index contributed by atoms with van der Waals surface area (Å²) in [6.07, 6.45) is 0. The smallest absolute Gasteiger partial charge is 0.214 e. The Balaban J connectivity index is 1.89. The average Bonchev–Trinajstić information content (AvgIpc) is 2.62. The zero-order valence-electron chi connectivity index (χ0n) is 14.8. The van der Waals surface area contributed by atoms with Gasteiger partial charge in [0, 0.05) is 31.2 Å². The van der Waals surface area contributed by atoms with E-state index in [1.165, 1.54) is 4.31 Å². The third-order valence-electron chi connectivity index (χ3n) is 4.61. The normalized spacial score (nSPS) is 18.8. The highest BCUT2D eigenvalue weighted by Crippen LogP contribution is 2.32. The topological polar surface area (TPSA) is 113 Å². The first-order valence-corrected chi connectivity index (χ1v) is 10.1. The van der Waals surface area contributed by atoms with Crippen LogP contribution in [0, 0.1) is 0 Å². The summed E-state index contributed by atoms with van der Waals surface area (Å²) in [6, 6.07) is 8.50. The molecule has 1 aromatic carbocycles. The first kappa shape index (κ1) is 18.4. The van der Waals surface area contributed by atoms with Gasteiger partial charge in [-0.05, 0) is 32.0 Å². The molecule has 1 unspecified atom stereocenters.